The van der Waals surface area contributed by atoms with Gasteiger partial charge in [0.05, 0.1) is 10.0 Å². The molecule has 0 radical (unpaired) electrons. The summed E-state index contributed by atoms with van der Waals surface area (Å²) in [6.45, 7) is 0. The molecule has 0 saturated heterocycles. The van der Waals surface area contributed by atoms with Crippen LogP contribution in [0.15, 0.2) is 41.0 Å². The summed E-state index contributed by atoms with van der Waals surface area (Å²) in [6.07, 6.45) is 1.49. The maximum Gasteiger partial charge on any atom is 0.259 e. The molecule has 18 heavy (non-hydrogen) atoms. The Kier molecular flexibility index (Phi) is 3.57. The van der Waals surface area contributed by atoms with Crippen LogP contribution in [0.4, 0.5) is 15.9 Å². The molecule has 1 amide bonds. The van der Waals surface area contributed by atoms with Crippen molar-refractivity contribution in [2.45, 2.75) is 0 Å². The fourth-order valence-electron chi connectivity index (χ4n) is 1.38. The van der Waals surface area contributed by atoms with Crippen LogP contribution >= 0.6 is 15.9 Å². The molecule has 1 aromatic heterocycles. The average Bonchev–Trinajstić information content (AvgIpc) is 2.34. The van der Waals surface area contributed by atoms with Crippen molar-refractivity contribution >= 4 is 33.3 Å². The third-order valence-electron chi connectivity index (χ3n) is 2.26. The molecular formula is C12H9BrFN3O. The van der Waals surface area contributed by atoms with Gasteiger partial charge >= 0.3 is 0 Å². The maximum absolute atomic E-state index is 13.3. The third kappa shape index (κ3) is 2.65. The molecule has 6 heteroatoms. The molecule has 0 atom stereocenters. The van der Waals surface area contributed by atoms with Crippen molar-refractivity contribution < 1.29 is 9.18 Å². The van der Waals surface area contributed by atoms with Crippen molar-refractivity contribution in [3.8, 4) is 0 Å². The smallest absolute Gasteiger partial charge is 0.259 e. The summed E-state index contributed by atoms with van der Waals surface area (Å²) in [7, 11) is 0. The number of anilines is 2. The van der Waals surface area contributed by atoms with Crippen molar-refractivity contribution in [2.75, 3.05) is 11.1 Å². The summed E-state index contributed by atoms with van der Waals surface area (Å²) >= 11 is 3.03. The van der Waals surface area contributed by atoms with E-state index in [9.17, 15) is 9.18 Å². The zero-order valence-corrected chi connectivity index (χ0v) is 10.7. The van der Waals surface area contributed by atoms with E-state index in [0.717, 1.165) is 0 Å². The van der Waals surface area contributed by atoms with Crippen LogP contribution in [0.25, 0.3) is 0 Å². The number of amides is 1. The number of hydrogen-bond donors (Lipinski definition) is 2. The van der Waals surface area contributed by atoms with Gasteiger partial charge in [0.25, 0.3) is 5.91 Å². The first-order chi connectivity index (χ1) is 8.58. The highest BCUT2D eigenvalue weighted by atomic mass is 79.9. The number of aromatic nitrogens is 1. The Hall–Kier alpha value is -1.95. The number of nitrogens with two attached hydrogens (primary N) is 1. The number of nitrogens with zero attached hydrogens (tertiary/aromatic N) is 1. The molecule has 3 N–H and O–H groups in total. The molecule has 0 aliphatic carbocycles. The van der Waals surface area contributed by atoms with Crippen LogP contribution in [0, 0.1) is 5.82 Å². The van der Waals surface area contributed by atoms with Crippen molar-refractivity contribution in [1.29, 1.82) is 0 Å². The Morgan fingerprint density at radius 3 is 2.83 bits per heavy atom. The van der Waals surface area contributed by atoms with E-state index in [2.05, 4.69) is 26.2 Å². The van der Waals surface area contributed by atoms with Crippen molar-refractivity contribution in [1.82, 2.24) is 4.98 Å². The van der Waals surface area contributed by atoms with Gasteiger partial charge in [0, 0.05) is 11.9 Å². The second-order valence-corrected chi connectivity index (χ2v) is 4.37. The highest BCUT2D eigenvalue weighted by Crippen LogP contribution is 2.20. The first-order valence-electron chi connectivity index (χ1n) is 5.05. The van der Waals surface area contributed by atoms with Gasteiger partial charge in [-0.05, 0) is 46.3 Å². The number of carbonyl (C=O) groups is 1. The average molecular weight is 310 g/mol. The molecule has 0 fully saturated rings. The summed E-state index contributed by atoms with van der Waals surface area (Å²) in [5, 5.41) is 2.55. The molecule has 2 aromatic rings. The Morgan fingerprint density at radius 2 is 2.17 bits per heavy atom. The van der Waals surface area contributed by atoms with E-state index in [1.807, 2.05) is 0 Å². The summed E-state index contributed by atoms with van der Waals surface area (Å²) in [6, 6.07) is 7.46. The Balaban J connectivity index is 2.22. The minimum Gasteiger partial charge on any atom is -0.383 e. The lowest BCUT2D eigenvalue weighted by Gasteiger charge is -2.07. The molecule has 92 valence electrons. The molecule has 1 heterocycles. The van der Waals surface area contributed by atoms with E-state index in [1.165, 1.54) is 18.3 Å². The van der Waals surface area contributed by atoms with Gasteiger partial charge in [-0.1, -0.05) is 0 Å². The number of pyridine rings is 1. The normalized spacial score (nSPS) is 10.1. The van der Waals surface area contributed by atoms with E-state index in [1.54, 1.807) is 18.2 Å². The number of carbonyl (C=O) groups excluding carboxylic acids is 1. The third-order valence-corrected chi connectivity index (χ3v) is 2.90. The van der Waals surface area contributed by atoms with Gasteiger partial charge in [-0.3, -0.25) is 4.79 Å². The summed E-state index contributed by atoms with van der Waals surface area (Å²) in [5.74, 6) is -0.748. The topological polar surface area (TPSA) is 68.0 Å². The van der Waals surface area contributed by atoms with Crippen LogP contribution in [-0.4, -0.2) is 10.9 Å². The lowest BCUT2D eigenvalue weighted by atomic mass is 10.2. The Labute approximate surface area is 111 Å². The first-order valence-corrected chi connectivity index (χ1v) is 5.84. The molecular weight excluding hydrogens is 301 g/mol. The van der Waals surface area contributed by atoms with E-state index >= 15 is 0 Å². The van der Waals surface area contributed by atoms with Gasteiger partial charge in [0.1, 0.15) is 11.6 Å². The number of nitrogen functional groups attached to an aromatic ring is 1. The van der Waals surface area contributed by atoms with Gasteiger partial charge in [-0.25, -0.2) is 9.37 Å². The summed E-state index contributed by atoms with van der Waals surface area (Å²) in [4.78, 5) is 15.7. The zero-order valence-electron chi connectivity index (χ0n) is 9.15. The van der Waals surface area contributed by atoms with Crippen molar-refractivity contribution in [2.24, 2.45) is 0 Å². The number of nitrogens with one attached hydrogen (secondary N) is 1. The number of rotatable bonds is 2. The Morgan fingerprint density at radius 1 is 1.39 bits per heavy atom. The summed E-state index contributed by atoms with van der Waals surface area (Å²) < 4.78 is 13.6. The van der Waals surface area contributed by atoms with Crippen LogP contribution in [0.5, 0.6) is 0 Å². The number of benzene rings is 1. The fraction of sp³-hybridized carbons (Fsp3) is 0. The maximum atomic E-state index is 13.3. The molecule has 1 aromatic carbocycles. The minimum atomic E-state index is -0.452. The van der Waals surface area contributed by atoms with Crippen LogP contribution in [0.3, 0.4) is 0 Å². The van der Waals surface area contributed by atoms with E-state index in [0.29, 0.717) is 10.2 Å². The molecule has 0 saturated carbocycles. The van der Waals surface area contributed by atoms with Gasteiger partial charge in [-0.15, -0.1) is 0 Å². The molecule has 4 nitrogen and oxygen atoms in total. The standard InChI is InChI=1S/C12H9BrFN3O/c13-9-4-3-7(6-10(9)14)17-12(18)8-2-1-5-16-11(8)15/h1-6H,(H2,15,16)(H,17,18). The molecule has 0 unspecified atom stereocenters. The van der Waals surface area contributed by atoms with E-state index in [4.69, 9.17) is 5.73 Å². The largest absolute Gasteiger partial charge is 0.383 e. The minimum absolute atomic E-state index is 0.132. The van der Waals surface area contributed by atoms with Crippen molar-refractivity contribution in [3.05, 3.63) is 52.4 Å². The molecule has 0 aliphatic rings. The predicted molar refractivity (Wildman–Crippen MR) is 70.7 cm³/mol. The second kappa shape index (κ2) is 5.14. The number of hydrogen-bond acceptors (Lipinski definition) is 3. The van der Waals surface area contributed by atoms with Crippen LogP contribution in [-0.2, 0) is 0 Å². The lowest BCUT2D eigenvalue weighted by Crippen LogP contribution is -2.14. The van der Waals surface area contributed by atoms with E-state index in [-0.39, 0.29) is 11.4 Å². The van der Waals surface area contributed by atoms with Gasteiger partial charge in [0.15, 0.2) is 0 Å². The van der Waals surface area contributed by atoms with E-state index < -0.39 is 11.7 Å². The first kappa shape index (κ1) is 12.5. The zero-order chi connectivity index (χ0) is 13.1. The van der Waals surface area contributed by atoms with Gasteiger partial charge in [0.2, 0.25) is 0 Å². The lowest BCUT2D eigenvalue weighted by molar-refractivity contribution is 0.102. The molecule has 0 spiro atoms. The Bertz CT molecular complexity index is 604. The highest BCUT2D eigenvalue weighted by molar-refractivity contribution is 9.10. The van der Waals surface area contributed by atoms with Crippen LogP contribution in [0.2, 0.25) is 0 Å². The highest BCUT2D eigenvalue weighted by Gasteiger charge is 2.11. The van der Waals surface area contributed by atoms with Crippen LogP contribution < -0.4 is 11.1 Å². The molecule has 0 bridgehead atoms. The van der Waals surface area contributed by atoms with Gasteiger partial charge in [-0.2, -0.15) is 0 Å². The monoisotopic (exact) mass is 309 g/mol. The summed E-state index contributed by atoms with van der Waals surface area (Å²) in [5.41, 5.74) is 6.18. The fourth-order valence-corrected chi connectivity index (χ4v) is 1.63. The SMILES string of the molecule is Nc1ncccc1C(=O)Nc1ccc(Br)c(F)c1. The predicted octanol–water partition coefficient (Wildman–Crippen LogP) is 2.82. The van der Waals surface area contributed by atoms with Crippen LogP contribution in [0.1, 0.15) is 10.4 Å². The molecule has 0 aliphatic heterocycles. The van der Waals surface area contributed by atoms with Gasteiger partial charge < -0.3 is 11.1 Å². The number of halogens is 2. The molecule has 2 rings (SSSR count). The van der Waals surface area contributed by atoms with Crippen molar-refractivity contribution in [3.63, 3.8) is 0 Å². The quantitative estimate of drug-likeness (QED) is 0.896. The second-order valence-electron chi connectivity index (χ2n) is 3.52.